The lowest BCUT2D eigenvalue weighted by Crippen LogP contribution is -2.02. The summed E-state index contributed by atoms with van der Waals surface area (Å²) in [5.41, 5.74) is 0.780. The predicted octanol–water partition coefficient (Wildman–Crippen LogP) is 3.60. The Hall–Kier alpha value is -1.39. The van der Waals surface area contributed by atoms with Crippen LogP contribution in [0.25, 0.3) is 0 Å². The average molecular weight is 259 g/mol. The normalized spacial score (nSPS) is 12.8. The van der Waals surface area contributed by atoms with E-state index >= 15 is 0 Å². The summed E-state index contributed by atoms with van der Waals surface area (Å²) in [7, 11) is 0. The van der Waals surface area contributed by atoms with Gasteiger partial charge in [0.25, 0.3) is 0 Å². The molecule has 0 aliphatic heterocycles. The Bertz CT molecular complexity index is 551. The van der Waals surface area contributed by atoms with Crippen LogP contribution in [0, 0.1) is 18.6 Å². The number of furan rings is 1. The molecule has 2 rings (SSSR count). The number of hydrogen-bond acceptors (Lipinski definition) is 2. The van der Waals surface area contributed by atoms with Crippen molar-refractivity contribution < 1.29 is 18.3 Å². The second kappa shape index (κ2) is 4.47. The van der Waals surface area contributed by atoms with Crippen LogP contribution in [0.5, 0.6) is 0 Å². The highest BCUT2D eigenvalue weighted by atomic mass is 35.5. The number of aliphatic hydroxyl groups excluding tert-OH is 1. The monoisotopic (exact) mass is 258 g/mol. The Morgan fingerprint density at radius 3 is 2.53 bits per heavy atom. The van der Waals surface area contributed by atoms with E-state index in [0.29, 0.717) is 5.56 Å². The molecule has 1 atom stereocenters. The zero-order chi connectivity index (χ0) is 12.6. The number of rotatable bonds is 2. The Morgan fingerprint density at radius 1 is 1.29 bits per heavy atom. The largest absolute Gasteiger partial charge is 0.466 e. The fourth-order valence-corrected chi connectivity index (χ4v) is 1.81. The van der Waals surface area contributed by atoms with Gasteiger partial charge in [-0.05, 0) is 30.7 Å². The molecule has 1 heterocycles. The Kier molecular flexibility index (Phi) is 3.17. The van der Waals surface area contributed by atoms with E-state index in [4.69, 9.17) is 16.0 Å². The van der Waals surface area contributed by atoms with Crippen LogP contribution >= 0.6 is 11.6 Å². The molecule has 1 aromatic heterocycles. The van der Waals surface area contributed by atoms with E-state index in [2.05, 4.69) is 0 Å². The van der Waals surface area contributed by atoms with Gasteiger partial charge in [-0.2, -0.15) is 0 Å². The number of benzene rings is 1. The van der Waals surface area contributed by atoms with Gasteiger partial charge in [0.1, 0.15) is 11.9 Å². The molecule has 0 spiro atoms. The maximum Gasteiger partial charge on any atom is 0.160 e. The SMILES string of the molecule is Cc1ccoc1C(O)c1cc(F)c(F)cc1Cl. The van der Waals surface area contributed by atoms with Crippen molar-refractivity contribution in [1.29, 1.82) is 0 Å². The van der Waals surface area contributed by atoms with Crippen molar-refractivity contribution >= 4 is 11.6 Å². The molecule has 2 nitrogen and oxygen atoms in total. The van der Waals surface area contributed by atoms with E-state index in [1.807, 2.05) is 0 Å². The number of halogens is 3. The highest BCUT2D eigenvalue weighted by Gasteiger charge is 2.21. The molecule has 1 aromatic carbocycles. The Morgan fingerprint density at radius 2 is 1.94 bits per heavy atom. The smallest absolute Gasteiger partial charge is 0.160 e. The van der Waals surface area contributed by atoms with Crippen molar-refractivity contribution in [3.63, 3.8) is 0 Å². The molecule has 0 fully saturated rings. The molecule has 0 aliphatic carbocycles. The lowest BCUT2D eigenvalue weighted by atomic mass is 10.0. The molecule has 1 N–H and O–H groups in total. The quantitative estimate of drug-likeness (QED) is 0.835. The molecule has 90 valence electrons. The van der Waals surface area contributed by atoms with E-state index in [1.165, 1.54) is 6.26 Å². The van der Waals surface area contributed by atoms with Gasteiger partial charge in [-0.25, -0.2) is 8.78 Å². The summed E-state index contributed by atoms with van der Waals surface area (Å²) in [5, 5.41) is 9.94. The Labute approximate surface area is 101 Å². The van der Waals surface area contributed by atoms with Gasteiger partial charge >= 0.3 is 0 Å². The van der Waals surface area contributed by atoms with Crippen LogP contribution in [0.15, 0.2) is 28.9 Å². The van der Waals surface area contributed by atoms with Crippen molar-refractivity contribution in [3.8, 4) is 0 Å². The molecular weight excluding hydrogens is 250 g/mol. The first-order chi connectivity index (χ1) is 8.00. The molecule has 0 amide bonds. The minimum absolute atomic E-state index is 0.0489. The van der Waals surface area contributed by atoms with E-state index in [1.54, 1.807) is 13.0 Å². The van der Waals surface area contributed by atoms with Crippen molar-refractivity contribution in [2.24, 2.45) is 0 Å². The molecule has 0 aliphatic rings. The molecular formula is C12H9ClF2O2. The fourth-order valence-electron chi connectivity index (χ4n) is 1.55. The molecule has 0 radical (unpaired) electrons. The van der Waals surface area contributed by atoms with Gasteiger partial charge in [0.05, 0.1) is 6.26 Å². The van der Waals surface area contributed by atoms with Gasteiger partial charge in [0.2, 0.25) is 0 Å². The van der Waals surface area contributed by atoms with Crippen molar-refractivity contribution in [2.45, 2.75) is 13.0 Å². The molecule has 17 heavy (non-hydrogen) atoms. The maximum absolute atomic E-state index is 13.1. The van der Waals surface area contributed by atoms with Gasteiger partial charge in [-0.15, -0.1) is 0 Å². The molecule has 1 unspecified atom stereocenters. The van der Waals surface area contributed by atoms with Crippen molar-refractivity contribution in [2.75, 3.05) is 0 Å². The van der Waals surface area contributed by atoms with E-state index < -0.39 is 17.7 Å². The molecule has 2 aromatic rings. The minimum Gasteiger partial charge on any atom is -0.466 e. The third-order valence-corrected chi connectivity index (χ3v) is 2.81. The second-order valence-electron chi connectivity index (χ2n) is 3.66. The molecule has 0 saturated heterocycles. The number of aryl methyl sites for hydroxylation is 1. The van der Waals surface area contributed by atoms with Crippen LogP contribution in [0.1, 0.15) is 23.0 Å². The molecule has 5 heteroatoms. The highest BCUT2D eigenvalue weighted by molar-refractivity contribution is 6.31. The second-order valence-corrected chi connectivity index (χ2v) is 4.07. The standard InChI is InChI=1S/C12H9ClF2O2/c1-6-2-3-17-12(6)11(16)7-4-9(14)10(15)5-8(7)13/h2-5,11,16H,1H3. The topological polar surface area (TPSA) is 33.4 Å². The number of hydrogen-bond donors (Lipinski definition) is 1. The first kappa shape index (κ1) is 12.1. The van der Waals surface area contributed by atoms with E-state index in [9.17, 15) is 13.9 Å². The van der Waals surface area contributed by atoms with Crippen LogP contribution in [-0.2, 0) is 0 Å². The average Bonchev–Trinajstić information content (AvgIpc) is 2.69. The number of aliphatic hydroxyl groups is 1. The fraction of sp³-hybridized carbons (Fsp3) is 0.167. The van der Waals surface area contributed by atoms with Crippen molar-refractivity contribution in [1.82, 2.24) is 0 Å². The first-order valence-electron chi connectivity index (χ1n) is 4.87. The van der Waals surface area contributed by atoms with Crippen LogP contribution in [0.2, 0.25) is 5.02 Å². The summed E-state index contributed by atoms with van der Waals surface area (Å²) in [6, 6.07) is 3.35. The van der Waals surface area contributed by atoms with E-state index in [-0.39, 0.29) is 16.3 Å². The van der Waals surface area contributed by atoms with Crippen LogP contribution in [0.3, 0.4) is 0 Å². The highest BCUT2D eigenvalue weighted by Crippen LogP contribution is 2.31. The summed E-state index contributed by atoms with van der Waals surface area (Å²) in [6.45, 7) is 1.73. The van der Waals surface area contributed by atoms with Gasteiger partial charge in [-0.3, -0.25) is 0 Å². The van der Waals surface area contributed by atoms with Gasteiger partial charge < -0.3 is 9.52 Å². The molecule has 0 bridgehead atoms. The Balaban J connectivity index is 2.48. The maximum atomic E-state index is 13.1. The van der Waals surface area contributed by atoms with Crippen LogP contribution in [0.4, 0.5) is 8.78 Å². The van der Waals surface area contributed by atoms with Gasteiger partial charge in [0, 0.05) is 10.6 Å². The van der Waals surface area contributed by atoms with Crippen LogP contribution in [-0.4, -0.2) is 5.11 Å². The minimum atomic E-state index is -1.22. The van der Waals surface area contributed by atoms with Crippen molar-refractivity contribution in [3.05, 3.63) is 58.0 Å². The predicted molar refractivity (Wildman–Crippen MR) is 58.9 cm³/mol. The van der Waals surface area contributed by atoms with Crippen LogP contribution < -0.4 is 0 Å². The lowest BCUT2D eigenvalue weighted by Gasteiger charge is -2.11. The first-order valence-corrected chi connectivity index (χ1v) is 5.25. The summed E-state index contributed by atoms with van der Waals surface area (Å²) < 4.78 is 31.0. The van der Waals surface area contributed by atoms with E-state index in [0.717, 1.165) is 12.1 Å². The zero-order valence-corrected chi connectivity index (χ0v) is 9.63. The lowest BCUT2D eigenvalue weighted by molar-refractivity contribution is 0.188. The van der Waals surface area contributed by atoms with Gasteiger partial charge in [-0.1, -0.05) is 11.6 Å². The van der Waals surface area contributed by atoms with Gasteiger partial charge in [0.15, 0.2) is 11.6 Å². The third-order valence-electron chi connectivity index (χ3n) is 2.48. The summed E-state index contributed by atoms with van der Waals surface area (Å²) >= 11 is 5.76. The molecule has 0 saturated carbocycles. The zero-order valence-electron chi connectivity index (χ0n) is 8.88. The summed E-state index contributed by atoms with van der Waals surface area (Å²) in [5.74, 6) is -1.85. The summed E-state index contributed by atoms with van der Waals surface area (Å²) in [4.78, 5) is 0. The summed E-state index contributed by atoms with van der Waals surface area (Å²) in [6.07, 6.45) is 0.189. The third kappa shape index (κ3) is 2.18.